The number of amides is 1. The van der Waals surface area contributed by atoms with Gasteiger partial charge < -0.3 is 10.8 Å². The van der Waals surface area contributed by atoms with Crippen LogP contribution in [-0.2, 0) is 0 Å². The lowest BCUT2D eigenvalue weighted by atomic mass is 9.99. The minimum atomic E-state index is -0.674. The molecule has 0 aliphatic heterocycles. The molecule has 0 fully saturated rings. The van der Waals surface area contributed by atoms with E-state index < -0.39 is 5.91 Å². The van der Waals surface area contributed by atoms with E-state index in [1.807, 2.05) is 13.8 Å². The highest BCUT2D eigenvalue weighted by Gasteiger charge is 2.15. The lowest BCUT2D eigenvalue weighted by molar-refractivity contribution is 0.0997. The molecule has 0 heterocycles. The highest BCUT2D eigenvalue weighted by molar-refractivity contribution is 6.31. The zero-order valence-electron chi connectivity index (χ0n) is 8.04. The molecule has 0 unspecified atom stereocenters. The number of nitrogens with two attached hydrogens (primary N) is 1. The summed E-state index contributed by atoms with van der Waals surface area (Å²) in [7, 11) is 0. The molecule has 76 valence electrons. The average molecular weight is 214 g/mol. The number of hydrogen-bond acceptors (Lipinski definition) is 2. The standard InChI is InChI=1S/C10H12ClNO2/c1-5(2)7-3-6(11)4-8(9(7)13)10(12)14/h3-5,13H,1-2H3,(H2,12,14). The third-order valence-corrected chi connectivity index (χ3v) is 2.21. The van der Waals surface area contributed by atoms with Crippen LogP contribution in [0.5, 0.6) is 5.75 Å². The van der Waals surface area contributed by atoms with Gasteiger partial charge in [-0.25, -0.2) is 0 Å². The molecule has 0 aliphatic carbocycles. The maximum Gasteiger partial charge on any atom is 0.252 e. The molecular weight excluding hydrogens is 202 g/mol. The number of rotatable bonds is 2. The van der Waals surface area contributed by atoms with Crippen molar-refractivity contribution in [1.82, 2.24) is 0 Å². The number of phenols is 1. The monoisotopic (exact) mass is 213 g/mol. The Labute approximate surface area is 87.5 Å². The van der Waals surface area contributed by atoms with Crippen LogP contribution in [0.15, 0.2) is 12.1 Å². The molecule has 0 aliphatic rings. The minimum Gasteiger partial charge on any atom is -0.507 e. The molecule has 0 saturated carbocycles. The van der Waals surface area contributed by atoms with Gasteiger partial charge in [-0.15, -0.1) is 0 Å². The molecule has 1 amide bonds. The van der Waals surface area contributed by atoms with Crippen molar-refractivity contribution in [1.29, 1.82) is 0 Å². The summed E-state index contributed by atoms with van der Waals surface area (Å²) in [6.45, 7) is 3.80. The minimum absolute atomic E-state index is 0.0706. The predicted octanol–water partition coefficient (Wildman–Crippen LogP) is 2.27. The fraction of sp³-hybridized carbons (Fsp3) is 0.300. The van der Waals surface area contributed by atoms with Crippen LogP contribution in [0, 0.1) is 0 Å². The summed E-state index contributed by atoms with van der Waals surface area (Å²) in [5, 5.41) is 10.1. The first-order chi connectivity index (χ1) is 6.43. The quantitative estimate of drug-likeness (QED) is 0.792. The van der Waals surface area contributed by atoms with Crippen molar-refractivity contribution in [2.75, 3.05) is 0 Å². The Bertz CT molecular complexity index is 375. The molecule has 3 N–H and O–H groups in total. The van der Waals surface area contributed by atoms with Gasteiger partial charge in [-0.2, -0.15) is 0 Å². The molecule has 0 atom stereocenters. The fourth-order valence-electron chi connectivity index (χ4n) is 1.25. The summed E-state index contributed by atoms with van der Waals surface area (Å²) in [5.41, 5.74) is 5.80. The Hall–Kier alpha value is -1.22. The fourth-order valence-corrected chi connectivity index (χ4v) is 1.47. The van der Waals surface area contributed by atoms with Crippen molar-refractivity contribution in [3.63, 3.8) is 0 Å². The van der Waals surface area contributed by atoms with E-state index in [1.54, 1.807) is 6.07 Å². The van der Waals surface area contributed by atoms with Gasteiger partial charge in [-0.05, 0) is 23.6 Å². The van der Waals surface area contributed by atoms with E-state index in [0.29, 0.717) is 10.6 Å². The van der Waals surface area contributed by atoms with Crippen molar-refractivity contribution in [3.05, 3.63) is 28.3 Å². The number of carbonyl (C=O) groups is 1. The van der Waals surface area contributed by atoms with Gasteiger partial charge >= 0.3 is 0 Å². The van der Waals surface area contributed by atoms with Crippen molar-refractivity contribution in [3.8, 4) is 5.75 Å². The topological polar surface area (TPSA) is 63.3 Å². The van der Waals surface area contributed by atoms with Gasteiger partial charge in [0.05, 0.1) is 5.56 Å². The molecule has 14 heavy (non-hydrogen) atoms. The molecular formula is C10H12ClNO2. The third-order valence-electron chi connectivity index (χ3n) is 1.99. The first-order valence-electron chi connectivity index (χ1n) is 4.25. The molecule has 1 aromatic rings. The Morgan fingerprint density at radius 3 is 2.50 bits per heavy atom. The molecule has 0 spiro atoms. The first-order valence-corrected chi connectivity index (χ1v) is 4.63. The van der Waals surface area contributed by atoms with Crippen molar-refractivity contribution in [2.24, 2.45) is 5.73 Å². The Morgan fingerprint density at radius 1 is 1.50 bits per heavy atom. The van der Waals surface area contributed by atoms with Gasteiger partial charge in [0.1, 0.15) is 5.75 Å². The van der Waals surface area contributed by atoms with Crippen LogP contribution >= 0.6 is 11.6 Å². The summed E-state index contributed by atoms with van der Waals surface area (Å²) < 4.78 is 0. The summed E-state index contributed by atoms with van der Waals surface area (Å²) in [6, 6.07) is 3.00. The lowest BCUT2D eigenvalue weighted by Crippen LogP contribution is -2.12. The van der Waals surface area contributed by atoms with E-state index in [1.165, 1.54) is 6.07 Å². The number of primary amides is 1. The van der Waals surface area contributed by atoms with Gasteiger partial charge in [-0.3, -0.25) is 4.79 Å². The number of halogens is 1. The van der Waals surface area contributed by atoms with Gasteiger partial charge in [0.15, 0.2) is 0 Å². The second kappa shape index (κ2) is 3.88. The molecule has 3 nitrogen and oxygen atoms in total. The van der Waals surface area contributed by atoms with Crippen LogP contribution in [0.4, 0.5) is 0 Å². The smallest absolute Gasteiger partial charge is 0.252 e. The van der Waals surface area contributed by atoms with Crippen LogP contribution in [0.25, 0.3) is 0 Å². The van der Waals surface area contributed by atoms with Crippen LogP contribution in [0.2, 0.25) is 5.02 Å². The second-order valence-corrected chi connectivity index (χ2v) is 3.85. The molecule has 0 saturated heterocycles. The molecule has 1 rings (SSSR count). The maximum atomic E-state index is 11.0. The summed E-state index contributed by atoms with van der Waals surface area (Å²) in [5.74, 6) is -0.657. The summed E-state index contributed by atoms with van der Waals surface area (Å²) in [4.78, 5) is 11.0. The Balaban J connectivity index is 3.40. The number of benzene rings is 1. The van der Waals surface area contributed by atoms with E-state index >= 15 is 0 Å². The van der Waals surface area contributed by atoms with E-state index in [0.717, 1.165) is 0 Å². The normalized spacial score (nSPS) is 10.6. The molecule has 0 radical (unpaired) electrons. The zero-order valence-corrected chi connectivity index (χ0v) is 8.80. The first kappa shape index (κ1) is 10.9. The number of carbonyl (C=O) groups excluding carboxylic acids is 1. The summed E-state index contributed by atoms with van der Waals surface area (Å²) in [6.07, 6.45) is 0. The predicted molar refractivity (Wildman–Crippen MR) is 55.7 cm³/mol. The Morgan fingerprint density at radius 2 is 2.07 bits per heavy atom. The van der Waals surface area contributed by atoms with Crippen LogP contribution in [0.3, 0.4) is 0 Å². The van der Waals surface area contributed by atoms with Crippen molar-refractivity contribution in [2.45, 2.75) is 19.8 Å². The van der Waals surface area contributed by atoms with E-state index in [4.69, 9.17) is 17.3 Å². The van der Waals surface area contributed by atoms with Gasteiger partial charge in [-0.1, -0.05) is 25.4 Å². The van der Waals surface area contributed by atoms with Crippen molar-refractivity contribution < 1.29 is 9.90 Å². The average Bonchev–Trinajstić information content (AvgIpc) is 2.07. The number of hydrogen-bond donors (Lipinski definition) is 2. The third kappa shape index (κ3) is 1.99. The van der Waals surface area contributed by atoms with Gasteiger partial charge in [0.2, 0.25) is 0 Å². The largest absolute Gasteiger partial charge is 0.507 e. The zero-order chi connectivity index (χ0) is 10.9. The van der Waals surface area contributed by atoms with Crippen molar-refractivity contribution >= 4 is 17.5 Å². The highest BCUT2D eigenvalue weighted by atomic mass is 35.5. The van der Waals surface area contributed by atoms with Gasteiger partial charge in [0.25, 0.3) is 5.91 Å². The molecule has 1 aromatic carbocycles. The van der Waals surface area contributed by atoms with E-state index in [9.17, 15) is 9.90 Å². The second-order valence-electron chi connectivity index (χ2n) is 3.41. The maximum absolute atomic E-state index is 11.0. The van der Waals surface area contributed by atoms with Gasteiger partial charge in [0, 0.05) is 5.02 Å². The number of aromatic hydroxyl groups is 1. The van der Waals surface area contributed by atoms with Crippen LogP contribution < -0.4 is 5.73 Å². The van der Waals surface area contributed by atoms with Crippen LogP contribution in [-0.4, -0.2) is 11.0 Å². The summed E-state index contributed by atoms with van der Waals surface area (Å²) >= 11 is 5.79. The SMILES string of the molecule is CC(C)c1cc(Cl)cc(C(N)=O)c1O. The lowest BCUT2D eigenvalue weighted by Gasteiger charge is -2.11. The Kier molecular flexibility index (Phi) is 3.01. The highest BCUT2D eigenvalue weighted by Crippen LogP contribution is 2.31. The van der Waals surface area contributed by atoms with E-state index in [-0.39, 0.29) is 17.2 Å². The van der Waals surface area contributed by atoms with E-state index in [2.05, 4.69) is 0 Å². The van der Waals surface area contributed by atoms with Crippen LogP contribution in [0.1, 0.15) is 35.7 Å². The molecule has 0 aromatic heterocycles. The molecule has 0 bridgehead atoms. The molecule has 4 heteroatoms.